The number of halogens is 1. The van der Waals surface area contributed by atoms with E-state index < -0.39 is 5.78 Å². The predicted molar refractivity (Wildman–Crippen MR) is 51.6 cm³/mol. The molecule has 0 aliphatic heterocycles. The van der Waals surface area contributed by atoms with E-state index in [-0.39, 0.29) is 11.3 Å². The highest BCUT2D eigenvalue weighted by atomic mass is 35.5. The first kappa shape index (κ1) is 10.4. The van der Waals surface area contributed by atoms with Crippen LogP contribution in [0.3, 0.4) is 0 Å². The van der Waals surface area contributed by atoms with Gasteiger partial charge in [-0.15, -0.1) is 0 Å². The number of hydrogen-bond donors (Lipinski definition) is 2. The summed E-state index contributed by atoms with van der Waals surface area (Å²) in [5.74, 6) is -0.537. The third kappa shape index (κ3) is 2.17. The van der Waals surface area contributed by atoms with Gasteiger partial charge in [0.2, 0.25) is 5.78 Å². The van der Waals surface area contributed by atoms with Crippen LogP contribution in [-0.2, 0) is 0 Å². The van der Waals surface area contributed by atoms with Crippen molar-refractivity contribution in [3.05, 3.63) is 46.8 Å². The average Bonchev–Trinajstić information content (AvgIpc) is 2.19. The topological polar surface area (TPSA) is 73.5 Å². The Morgan fingerprint density at radius 3 is 2.79 bits per heavy atom. The van der Waals surface area contributed by atoms with E-state index in [4.69, 9.17) is 22.2 Å². The van der Waals surface area contributed by atoms with E-state index in [1.54, 1.807) is 12.1 Å². The molecule has 2 N–H and O–H groups in total. The summed E-state index contributed by atoms with van der Waals surface area (Å²) in [6, 6.07) is 6.20. The first-order valence-electron chi connectivity index (χ1n) is 3.71. The summed E-state index contributed by atoms with van der Waals surface area (Å²) < 4.78 is 0. The molecule has 0 amide bonds. The molecule has 0 spiro atoms. The molecule has 0 fully saturated rings. The van der Waals surface area contributed by atoms with Crippen molar-refractivity contribution in [2.75, 3.05) is 0 Å². The molecule has 0 unspecified atom stereocenters. The third-order valence-electron chi connectivity index (χ3n) is 1.56. The minimum atomic E-state index is -0.537. The van der Waals surface area contributed by atoms with Crippen LogP contribution < -0.4 is 0 Å². The van der Waals surface area contributed by atoms with Crippen molar-refractivity contribution in [1.82, 2.24) is 0 Å². The lowest BCUT2D eigenvalue weighted by Crippen LogP contribution is -2.00. The fourth-order valence-corrected chi connectivity index (χ4v) is 1.11. The molecule has 72 valence electrons. The molecule has 0 aliphatic carbocycles. The van der Waals surface area contributed by atoms with Crippen molar-refractivity contribution in [2.45, 2.75) is 0 Å². The number of aliphatic hydroxyl groups excluding tert-OH is 1. The molecule has 0 aliphatic rings. The third-order valence-corrected chi connectivity index (χ3v) is 1.80. The van der Waals surface area contributed by atoms with Crippen LogP contribution in [0.2, 0.25) is 5.02 Å². The highest BCUT2D eigenvalue weighted by molar-refractivity contribution is 6.31. The van der Waals surface area contributed by atoms with Crippen LogP contribution in [0.15, 0.2) is 41.3 Å². The van der Waals surface area contributed by atoms with Gasteiger partial charge < -0.3 is 5.11 Å². The number of nitrogens with one attached hydrogen (secondary N) is 1. The number of ketones is 1. The molecule has 1 aromatic rings. The Balaban J connectivity index is 3.06. The maximum absolute atomic E-state index is 11.5. The molecule has 0 atom stereocenters. The zero-order chi connectivity index (χ0) is 10.6. The van der Waals surface area contributed by atoms with Crippen LogP contribution in [0, 0.1) is 5.53 Å². The van der Waals surface area contributed by atoms with E-state index in [0.717, 1.165) is 0 Å². The molecule has 5 heteroatoms. The normalized spacial score (nSPS) is 11.1. The zero-order valence-electron chi connectivity index (χ0n) is 7.07. The highest BCUT2D eigenvalue weighted by Crippen LogP contribution is 2.14. The Hall–Kier alpha value is -1.68. The SMILES string of the molecule is N=N/C(=C/O)C(=O)c1cccc(Cl)c1. The van der Waals surface area contributed by atoms with Crippen molar-refractivity contribution < 1.29 is 9.90 Å². The number of carbonyl (C=O) groups is 1. The summed E-state index contributed by atoms with van der Waals surface area (Å²) in [5.41, 5.74) is 6.60. The maximum Gasteiger partial charge on any atom is 0.216 e. The van der Waals surface area contributed by atoms with Gasteiger partial charge in [0, 0.05) is 10.6 Å². The summed E-state index contributed by atoms with van der Waals surface area (Å²) >= 11 is 5.67. The minimum Gasteiger partial charge on any atom is -0.513 e. The molecule has 0 radical (unpaired) electrons. The number of Topliss-reactive ketones (excluding diaryl/α,β-unsaturated/α-hetero) is 1. The summed E-state index contributed by atoms with van der Waals surface area (Å²) in [6.45, 7) is 0. The number of hydrogen-bond acceptors (Lipinski definition) is 4. The number of nitrogens with zero attached hydrogens (tertiary/aromatic N) is 1. The molecule has 1 rings (SSSR count). The summed E-state index contributed by atoms with van der Waals surface area (Å²) in [4.78, 5) is 11.5. The molecular weight excluding hydrogens is 204 g/mol. The lowest BCUT2D eigenvalue weighted by atomic mass is 10.1. The molecule has 0 bridgehead atoms. The van der Waals surface area contributed by atoms with Gasteiger partial charge in [-0.05, 0) is 12.1 Å². The first-order valence-corrected chi connectivity index (χ1v) is 4.09. The van der Waals surface area contributed by atoms with E-state index in [1.807, 2.05) is 0 Å². The minimum absolute atomic E-state index is 0.286. The smallest absolute Gasteiger partial charge is 0.216 e. The first-order chi connectivity index (χ1) is 6.69. The summed E-state index contributed by atoms with van der Waals surface area (Å²) in [7, 11) is 0. The highest BCUT2D eigenvalue weighted by Gasteiger charge is 2.11. The van der Waals surface area contributed by atoms with Gasteiger partial charge in [-0.3, -0.25) is 4.79 Å². The van der Waals surface area contributed by atoms with Gasteiger partial charge in [0.25, 0.3) is 0 Å². The van der Waals surface area contributed by atoms with Crippen molar-refractivity contribution in [2.24, 2.45) is 5.11 Å². The Morgan fingerprint density at radius 1 is 1.57 bits per heavy atom. The molecule has 1 aromatic carbocycles. The fourth-order valence-electron chi connectivity index (χ4n) is 0.916. The van der Waals surface area contributed by atoms with Crippen LogP contribution in [0.25, 0.3) is 0 Å². The predicted octanol–water partition coefficient (Wildman–Crippen LogP) is 2.95. The Labute approximate surface area is 85.3 Å². The summed E-state index contributed by atoms with van der Waals surface area (Å²) in [6.07, 6.45) is 0.496. The van der Waals surface area contributed by atoms with Crippen LogP contribution in [0.1, 0.15) is 10.4 Å². The second kappa shape index (κ2) is 4.53. The van der Waals surface area contributed by atoms with Gasteiger partial charge in [0.1, 0.15) is 6.26 Å². The van der Waals surface area contributed by atoms with E-state index in [1.165, 1.54) is 12.1 Å². The maximum atomic E-state index is 11.5. The van der Waals surface area contributed by atoms with E-state index in [2.05, 4.69) is 5.11 Å². The van der Waals surface area contributed by atoms with Crippen LogP contribution in [0.4, 0.5) is 0 Å². The molecular formula is C9H7ClN2O2. The van der Waals surface area contributed by atoms with Crippen molar-refractivity contribution >= 4 is 17.4 Å². The number of allylic oxidation sites excluding steroid dienone is 1. The standard InChI is InChI=1S/C9H7ClN2O2/c10-7-3-1-2-6(4-7)9(14)8(5-13)12-11/h1-5,11,13H/b8-5+,12-11?. The van der Waals surface area contributed by atoms with Gasteiger partial charge in [0.05, 0.1) is 0 Å². The second-order valence-electron chi connectivity index (χ2n) is 2.47. The van der Waals surface area contributed by atoms with Gasteiger partial charge in [0.15, 0.2) is 5.70 Å². The Bertz CT molecular complexity index is 402. The molecule has 0 saturated carbocycles. The number of aliphatic hydroxyl groups is 1. The lowest BCUT2D eigenvalue weighted by Gasteiger charge is -1.98. The molecule has 0 heterocycles. The largest absolute Gasteiger partial charge is 0.513 e. The molecule has 0 saturated heterocycles. The second-order valence-corrected chi connectivity index (χ2v) is 2.90. The van der Waals surface area contributed by atoms with Crippen LogP contribution in [-0.4, -0.2) is 10.9 Å². The molecule has 0 aromatic heterocycles. The van der Waals surface area contributed by atoms with Gasteiger partial charge in [-0.2, -0.15) is 5.11 Å². The van der Waals surface area contributed by atoms with Gasteiger partial charge >= 0.3 is 0 Å². The number of rotatable bonds is 3. The van der Waals surface area contributed by atoms with Crippen molar-refractivity contribution in [3.63, 3.8) is 0 Å². The van der Waals surface area contributed by atoms with Gasteiger partial charge in [-0.25, -0.2) is 5.53 Å². The van der Waals surface area contributed by atoms with Gasteiger partial charge in [-0.1, -0.05) is 23.7 Å². The summed E-state index contributed by atoms with van der Waals surface area (Å²) in [5, 5.41) is 11.9. The fraction of sp³-hybridized carbons (Fsp3) is 0. The average molecular weight is 211 g/mol. The van der Waals surface area contributed by atoms with E-state index in [9.17, 15) is 4.79 Å². The number of benzene rings is 1. The quantitative estimate of drug-likeness (QED) is 0.348. The monoisotopic (exact) mass is 210 g/mol. The lowest BCUT2D eigenvalue weighted by molar-refractivity contribution is 0.102. The van der Waals surface area contributed by atoms with Crippen LogP contribution in [0.5, 0.6) is 0 Å². The van der Waals surface area contributed by atoms with Crippen molar-refractivity contribution in [1.29, 1.82) is 5.53 Å². The molecule has 4 nitrogen and oxygen atoms in total. The van der Waals surface area contributed by atoms with E-state index >= 15 is 0 Å². The Morgan fingerprint density at radius 2 is 2.29 bits per heavy atom. The number of carbonyl (C=O) groups excluding carboxylic acids is 1. The molecule has 14 heavy (non-hydrogen) atoms. The zero-order valence-corrected chi connectivity index (χ0v) is 7.82. The van der Waals surface area contributed by atoms with Crippen molar-refractivity contribution in [3.8, 4) is 0 Å². The Kier molecular flexibility index (Phi) is 3.36. The van der Waals surface area contributed by atoms with Crippen LogP contribution >= 0.6 is 11.6 Å². The van der Waals surface area contributed by atoms with E-state index in [0.29, 0.717) is 11.3 Å².